The van der Waals surface area contributed by atoms with Crippen molar-refractivity contribution in [3.8, 4) is 0 Å². The van der Waals surface area contributed by atoms with Crippen molar-refractivity contribution >= 4 is 11.8 Å². The smallest absolute Gasteiger partial charge is 0.318 e. The van der Waals surface area contributed by atoms with E-state index >= 15 is 0 Å². The lowest BCUT2D eigenvalue weighted by Crippen LogP contribution is -2.33. The van der Waals surface area contributed by atoms with Crippen molar-refractivity contribution in [3.63, 3.8) is 0 Å². The standard InChI is InChI=1S/C8H11N3O2/c1-6-9-10-8(13-6)11-4-2-7(12)3-5-11/h2-5H2,1H3. The second-order valence-electron chi connectivity index (χ2n) is 3.13. The van der Waals surface area contributed by atoms with Crippen molar-refractivity contribution in [2.75, 3.05) is 18.0 Å². The molecule has 70 valence electrons. The molecule has 1 aromatic rings. The molecular formula is C8H11N3O2. The molecule has 2 rings (SSSR count). The Morgan fingerprint density at radius 3 is 2.54 bits per heavy atom. The van der Waals surface area contributed by atoms with E-state index in [1.807, 2.05) is 4.90 Å². The summed E-state index contributed by atoms with van der Waals surface area (Å²) in [4.78, 5) is 12.9. The van der Waals surface area contributed by atoms with Crippen molar-refractivity contribution < 1.29 is 9.21 Å². The highest BCUT2D eigenvalue weighted by molar-refractivity contribution is 5.80. The molecule has 0 unspecified atom stereocenters. The van der Waals surface area contributed by atoms with Crippen LogP contribution in [-0.2, 0) is 4.79 Å². The summed E-state index contributed by atoms with van der Waals surface area (Å²) in [6.07, 6.45) is 1.17. The summed E-state index contributed by atoms with van der Waals surface area (Å²) in [5.41, 5.74) is 0. The molecule has 0 radical (unpaired) electrons. The van der Waals surface area contributed by atoms with Crippen molar-refractivity contribution in [1.82, 2.24) is 10.2 Å². The number of carbonyl (C=O) groups is 1. The molecule has 1 aliphatic heterocycles. The fourth-order valence-corrected chi connectivity index (χ4v) is 1.36. The van der Waals surface area contributed by atoms with Crippen LogP contribution in [-0.4, -0.2) is 29.1 Å². The number of nitrogens with zero attached hydrogens (tertiary/aromatic N) is 3. The van der Waals surface area contributed by atoms with Crippen LogP contribution in [0, 0.1) is 6.92 Å². The monoisotopic (exact) mass is 181 g/mol. The van der Waals surface area contributed by atoms with Gasteiger partial charge in [-0.2, -0.15) is 0 Å². The maximum absolute atomic E-state index is 11.0. The summed E-state index contributed by atoms with van der Waals surface area (Å²) in [7, 11) is 0. The number of aryl methyl sites for hydroxylation is 1. The first-order valence-electron chi connectivity index (χ1n) is 4.32. The lowest BCUT2D eigenvalue weighted by molar-refractivity contribution is -0.119. The van der Waals surface area contributed by atoms with E-state index in [9.17, 15) is 4.79 Å². The molecule has 5 nitrogen and oxygen atoms in total. The third-order valence-electron chi connectivity index (χ3n) is 2.11. The van der Waals surface area contributed by atoms with Gasteiger partial charge >= 0.3 is 6.01 Å². The van der Waals surface area contributed by atoms with Crippen LogP contribution in [0.1, 0.15) is 18.7 Å². The SMILES string of the molecule is Cc1nnc(N2CCC(=O)CC2)o1. The molecule has 1 aliphatic rings. The Morgan fingerprint density at radius 1 is 1.31 bits per heavy atom. The Labute approximate surface area is 75.7 Å². The third kappa shape index (κ3) is 1.68. The van der Waals surface area contributed by atoms with Crippen molar-refractivity contribution in [2.45, 2.75) is 19.8 Å². The highest BCUT2D eigenvalue weighted by Gasteiger charge is 2.19. The summed E-state index contributed by atoms with van der Waals surface area (Å²) in [5.74, 6) is 0.874. The number of hydrogen-bond donors (Lipinski definition) is 0. The Balaban J connectivity index is 2.06. The average molecular weight is 181 g/mol. The summed E-state index contributed by atoms with van der Waals surface area (Å²) in [5, 5.41) is 7.63. The van der Waals surface area contributed by atoms with Gasteiger partial charge in [0.25, 0.3) is 0 Å². The van der Waals surface area contributed by atoms with Gasteiger partial charge in [0.2, 0.25) is 5.89 Å². The maximum atomic E-state index is 11.0. The number of hydrogen-bond acceptors (Lipinski definition) is 5. The molecule has 5 heteroatoms. The molecule has 2 heterocycles. The highest BCUT2D eigenvalue weighted by Crippen LogP contribution is 2.15. The quantitative estimate of drug-likeness (QED) is 0.633. The predicted octanol–water partition coefficient (Wildman–Crippen LogP) is 0.547. The number of rotatable bonds is 1. The van der Waals surface area contributed by atoms with Crippen LogP contribution < -0.4 is 4.90 Å². The van der Waals surface area contributed by atoms with Crippen LogP contribution in [0.15, 0.2) is 4.42 Å². The van der Waals surface area contributed by atoms with E-state index in [4.69, 9.17) is 4.42 Å². The van der Waals surface area contributed by atoms with E-state index < -0.39 is 0 Å². The second-order valence-corrected chi connectivity index (χ2v) is 3.13. The Bertz CT molecular complexity index is 311. The van der Waals surface area contributed by atoms with Gasteiger partial charge in [-0.1, -0.05) is 5.10 Å². The lowest BCUT2D eigenvalue weighted by atomic mass is 10.1. The minimum Gasteiger partial charge on any atom is -0.408 e. The van der Waals surface area contributed by atoms with Crippen molar-refractivity contribution in [1.29, 1.82) is 0 Å². The number of aromatic nitrogens is 2. The van der Waals surface area contributed by atoms with E-state index in [1.54, 1.807) is 6.92 Å². The zero-order valence-electron chi connectivity index (χ0n) is 7.49. The first-order chi connectivity index (χ1) is 6.25. The second kappa shape index (κ2) is 3.16. The Hall–Kier alpha value is -1.39. The number of anilines is 1. The molecule has 0 N–H and O–H groups in total. The number of piperidine rings is 1. The molecule has 1 aromatic heterocycles. The minimum absolute atomic E-state index is 0.312. The van der Waals surface area contributed by atoms with E-state index in [-0.39, 0.29) is 0 Å². The largest absolute Gasteiger partial charge is 0.408 e. The Kier molecular flexibility index (Phi) is 2.00. The van der Waals surface area contributed by atoms with Gasteiger partial charge in [0.05, 0.1) is 0 Å². The van der Waals surface area contributed by atoms with E-state index in [2.05, 4.69) is 10.2 Å². The summed E-state index contributed by atoms with van der Waals surface area (Å²) in [6, 6.07) is 0.532. The maximum Gasteiger partial charge on any atom is 0.318 e. The lowest BCUT2D eigenvalue weighted by Gasteiger charge is -2.23. The minimum atomic E-state index is 0.312. The molecule has 0 spiro atoms. The van der Waals surface area contributed by atoms with E-state index in [1.165, 1.54) is 0 Å². The molecule has 0 aromatic carbocycles. The number of Topliss-reactive ketones (excluding diaryl/α,β-unsaturated/α-hetero) is 1. The van der Waals surface area contributed by atoms with Gasteiger partial charge in [-0.15, -0.1) is 5.10 Å². The van der Waals surface area contributed by atoms with E-state index in [0.717, 1.165) is 0 Å². The molecule has 0 amide bonds. The fraction of sp³-hybridized carbons (Fsp3) is 0.625. The van der Waals surface area contributed by atoms with Crippen molar-refractivity contribution in [2.24, 2.45) is 0 Å². The zero-order chi connectivity index (χ0) is 9.26. The number of ketones is 1. The molecule has 0 saturated carbocycles. The topological polar surface area (TPSA) is 59.2 Å². The van der Waals surface area contributed by atoms with Gasteiger partial charge < -0.3 is 9.32 Å². The van der Waals surface area contributed by atoms with Crippen molar-refractivity contribution in [3.05, 3.63) is 5.89 Å². The van der Waals surface area contributed by atoms with Crippen LogP contribution in [0.5, 0.6) is 0 Å². The molecule has 0 atom stereocenters. The average Bonchev–Trinajstić information content (AvgIpc) is 2.53. The van der Waals surface area contributed by atoms with Gasteiger partial charge in [0.1, 0.15) is 5.78 Å². The Morgan fingerprint density at radius 2 is 2.00 bits per heavy atom. The van der Waals surface area contributed by atoms with Crippen LogP contribution in [0.3, 0.4) is 0 Å². The normalized spacial score (nSPS) is 17.9. The molecular weight excluding hydrogens is 170 g/mol. The third-order valence-corrected chi connectivity index (χ3v) is 2.11. The predicted molar refractivity (Wildman–Crippen MR) is 45.5 cm³/mol. The summed E-state index contributed by atoms with van der Waals surface area (Å²) >= 11 is 0. The molecule has 0 aliphatic carbocycles. The van der Waals surface area contributed by atoms with E-state index in [0.29, 0.717) is 43.6 Å². The van der Waals surface area contributed by atoms with Crippen LogP contribution in [0.4, 0.5) is 6.01 Å². The van der Waals surface area contributed by atoms with Gasteiger partial charge in [-0.3, -0.25) is 4.79 Å². The van der Waals surface area contributed by atoms with Crippen LogP contribution in [0.25, 0.3) is 0 Å². The zero-order valence-corrected chi connectivity index (χ0v) is 7.49. The van der Waals surface area contributed by atoms with Gasteiger partial charge in [-0.05, 0) is 0 Å². The van der Waals surface area contributed by atoms with Gasteiger partial charge in [0, 0.05) is 32.9 Å². The molecule has 13 heavy (non-hydrogen) atoms. The first kappa shape index (κ1) is 8.22. The van der Waals surface area contributed by atoms with Crippen LogP contribution in [0.2, 0.25) is 0 Å². The fourth-order valence-electron chi connectivity index (χ4n) is 1.36. The molecule has 1 fully saturated rings. The summed E-state index contributed by atoms with van der Waals surface area (Å²) < 4.78 is 5.25. The number of carbonyl (C=O) groups excluding carboxylic acids is 1. The van der Waals surface area contributed by atoms with Gasteiger partial charge in [-0.25, -0.2) is 0 Å². The first-order valence-corrected chi connectivity index (χ1v) is 4.32. The van der Waals surface area contributed by atoms with Gasteiger partial charge in [0.15, 0.2) is 0 Å². The van der Waals surface area contributed by atoms with Crippen LogP contribution >= 0.6 is 0 Å². The molecule has 0 bridgehead atoms. The highest BCUT2D eigenvalue weighted by atomic mass is 16.4. The molecule has 1 saturated heterocycles. The summed E-state index contributed by atoms with van der Waals surface area (Å²) in [6.45, 7) is 3.15.